The zero-order chi connectivity index (χ0) is 14.8. The van der Waals surface area contributed by atoms with Gasteiger partial charge in [-0.1, -0.05) is 6.92 Å². The smallest absolute Gasteiger partial charge is 0.329 e. The van der Waals surface area contributed by atoms with Gasteiger partial charge in [0.1, 0.15) is 17.2 Å². The van der Waals surface area contributed by atoms with Crippen LogP contribution in [0.3, 0.4) is 0 Å². The van der Waals surface area contributed by atoms with E-state index in [-0.39, 0.29) is 0 Å². The van der Waals surface area contributed by atoms with E-state index in [4.69, 9.17) is 4.74 Å². The summed E-state index contributed by atoms with van der Waals surface area (Å²) in [5.74, 6) is 0.944. The first-order chi connectivity index (χ1) is 9.53. The Labute approximate surface area is 118 Å². The first kappa shape index (κ1) is 14.6. The molecule has 0 spiro atoms. The number of carboxylic acid groups (broad SMARTS) is 1. The summed E-state index contributed by atoms with van der Waals surface area (Å²) in [7, 11) is 0. The first-order valence-corrected chi connectivity index (χ1v) is 7.03. The Bertz CT molecular complexity index is 506. The number of carbonyl (C=O) groups is 1. The molecule has 1 aliphatic heterocycles. The Balaban J connectivity index is 2.41. The molecule has 2 rings (SSSR count). The number of aliphatic carboxylic acids is 1. The third kappa shape index (κ3) is 2.42. The molecular weight excluding hydrogens is 258 g/mol. The highest BCUT2D eigenvalue weighted by molar-refractivity contribution is 5.84. The molecule has 1 aromatic rings. The monoisotopic (exact) mass is 279 g/mol. The Morgan fingerprint density at radius 1 is 1.50 bits per heavy atom. The van der Waals surface area contributed by atoms with Crippen LogP contribution in [0.4, 0.5) is 5.82 Å². The summed E-state index contributed by atoms with van der Waals surface area (Å²) < 4.78 is 5.42. The molecule has 0 radical (unpaired) electrons. The summed E-state index contributed by atoms with van der Waals surface area (Å²) in [6.45, 7) is 6.80. The Morgan fingerprint density at radius 3 is 2.85 bits per heavy atom. The lowest BCUT2D eigenvalue weighted by Gasteiger charge is -2.34. The van der Waals surface area contributed by atoms with Crippen molar-refractivity contribution < 1.29 is 14.6 Å². The summed E-state index contributed by atoms with van der Waals surface area (Å²) in [6.07, 6.45) is 2.05. The maximum absolute atomic E-state index is 11.7. The predicted molar refractivity (Wildman–Crippen MR) is 75.2 cm³/mol. The fourth-order valence-electron chi connectivity index (χ4n) is 2.84. The number of aryl methyl sites for hydroxylation is 1. The number of nitrogens with zero attached hydrogens (tertiary/aromatic N) is 3. The molecule has 20 heavy (non-hydrogen) atoms. The molecular formula is C14H21N3O3. The molecule has 0 aromatic carbocycles. The van der Waals surface area contributed by atoms with E-state index in [1.165, 1.54) is 0 Å². The van der Waals surface area contributed by atoms with Crippen molar-refractivity contribution in [2.24, 2.45) is 0 Å². The Kier molecular flexibility index (Phi) is 4.11. The van der Waals surface area contributed by atoms with Crippen LogP contribution in [0.15, 0.2) is 6.07 Å². The van der Waals surface area contributed by atoms with Crippen LogP contribution in [0.1, 0.15) is 38.9 Å². The average molecular weight is 279 g/mol. The molecule has 2 heterocycles. The molecule has 1 aliphatic rings. The van der Waals surface area contributed by atoms with Crippen molar-refractivity contribution in [1.82, 2.24) is 9.97 Å². The average Bonchev–Trinajstić information content (AvgIpc) is 2.83. The molecule has 6 nitrogen and oxygen atoms in total. The molecule has 0 aliphatic carbocycles. The van der Waals surface area contributed by atoms with Crippen LogP contribution in [0.25, 0.3) is 0 Å². The minimum atomic E-state index is -0.857. The van der Waals surface area contributed by atoms with Gasteiger partial charge in [0.25, 0.3) is 0 Å². The van der Waals surface area contributed by atoms with Gasteiger partial charge in [0.05, 0.1) is 6.61 Å². The van der Waals surface area contributed by atoms with E-state index in [1.807, 2.05) is 18.7 Å². The molecule has 6 heteroatoms. The maximum Gasteiger partial charge on any atom is 0.329 e. The molecule has 110 valence electrons. The number of ether oxygens (including phenoxy) is 1. The number of hydrogen-bond acceptors (Lipinski definition) is 5. The minimum Gasteiger partial charge on any atom is -0.479 e. The summed E-state index contributed by atoms with van der Waals surface area (Å²) in [5, 5.41) is 9.62. The van der Waals surface area contributed by atoms with E-state index in [2.05, 4.69) is 9.97 Å². The second-order valence-corrected chi connectivity index (χ2v) is 4.99. The van der Waals surface area contributed by atoms with Gasteiger partial charge >= 0.3 is 5.97 Å². The molecule has 1 atom stereocenters. The van der Waals surface area contributed by atoms with E-state index in [1.54, 1.807) is 13.0 Å². The van der Waals surface area contributed by atoms with Crippen LogP contribution in [0.5, 0.6) is 5.88 Å². The zero-order valence-corrected chi connectivity index (χ0v) is 12.2. The predicted octanol–water partition coefficient (Wildman–Crippen LogP) is 2.02. The number of aromatic nitrogens is 2. The van der Waals surface area contributed by atoms with Gasteiger partial charge in [0.15, 0.2) is 0 Å². The van der Waals surface area contributed by atoms with Crippen LogP contribution in [0.2, 0.25) is 0 Å². The molecule has 1 fully saturated rings. The number of carboxylic acids is 1. The minimum absolute atomic E-state index is 0.497. The van der Waals surface area contributed by atoms with E-state index < -0.39 is 11.5 Å². The van der Waals surface area contributed by atoms with Crippen LogP contribution in [-0.2, 0) is 4.79 Å². The molecule has 0 amide bonds. The Hall–Kier alpha value is -1.85. The summed E-state index contributed by atoms with van der Waals surface area (Å²) in [5.41, 5.74) is -0.857. The standard InChI is InChI=1S/C14H21N3O3/c1-4-14(13(18)19)7-6-8-17(14)11-9-12(20-5-2)16-10(3)15-11/h9H,4-8H2,1-3H3,(H,18,19). The molecule has 0 saturated carbocycles. The number of rotatable bonds is 5. The van der Waals surface area contributed by atoms with Gasteiger partial charge in [-0.2, -0.15) is 4.98 Å². The number of hydrogen-bond donors (Lipinski definition) is 1. The van der Waals surface area contributed by atoms with Gasteiger partial charge in [-0.25, -0.2) is 9.78 Å². The highest BCUT2D eigenvalue weighted by Crippen LogP contribution is 2.36. The van der Waals surface area contributed by atoms with Crippen LogP contribution in [0, 0.1) is 6.92 Å². The summed E-state index contributed by atoms with van der Waals surface area (Å²) in [4.78, 5) is 22.2. The van der Waals surface area contributed by atoms with Gasteiger partial charge in [-0.3, -0.25) is 0 Å². The molecule has 1 saturated heterocycles. The summed E-state index contributed by atoms with van der Waals surface area (Å²) in [6, 6.07) is 1.73. The van der Waals surface area contributed by atoms with Crippen molar-refractivity contribution in [3.05, 3.63) is 11.9 Å². The van der Waals surface area contributed by atoms with Crippen molar-refractivity contribution in [2.75, 3.05) is 18.1 Å². The van der Waals surface area contributed by atoms with Crippen molar-refractivity contribution in [3.8, 4) is 5.88 Å². The van der Waals surface area contributed by atoms with Crippen LogP contribution >= 0.6 is 0 Å². The van der Waals surface area contributed by atoms with Gasteiger partial charge in [0.2, 0.25) is 5.88 Å². The first-order valence-electron chi connectivity index (χ1n) is 7.03. The lowest BCUT2D eigenvalue weighted by Crippen LogP contribution is -2.50. The van der Waals surface area contributed by atoms with E-state index >= 15 is 0 Å². The normalized spacial score (nSPS) is 22.1. The largest absolute Gasteiger partial charge is 0.479 e. The van der Waals surface area contributed by atoms with Gasteiger partial charge in [-0.05, 0) is 33.1 Å². The van der Waals surface area contributed by atoms with Crippen molar-refractivity contribution in [3.63, 3.8) is 0 Å². The quantitative estimate of drug-likeness (QED) is 0.888. The van der Waals surface area contributed by atoms with E-state index in [0.29, 0.717) is 43.5 Å². The van der Waals surface area contributed by atoms with Gasteiger partial charge in [0, 0.05) is 12.6 Å². The topological polar surface area (TPSA) is 75.5 Å². The molecule has 1 aromatic heterocycles. The van der Waals surface area contributed by atoms with E-state index in [0.717, 1.165) is 6.42 Å². The van der Waals surface area contributed by atoms with Gasteiger partial charge in [-0.15, -0.1) is 0 Å². The Morgan fingerprint density at radius 2 is 2.25 bits per heavy atom. The highest BCUT2D eigenvalue weighted by Gasteiger charge is 2.47. The van der Waals surface area contributed by atoms with Crippen molar-refractivity contribution in [2.45, 2.75) is 45.6 Å². The lowest BCUT2D eigenvalue weighted by molar-refractivity contribution is -0.143. The zero-order valence-electron chi connectivity index (χ0n) is 12.2. The molecule has 1 unspecified atom stereocenters. The van der Waals surface area contributed by atoms with Crippen molar-refractivity contribution in [1.29, 1.82) is 0 Å². The lowest BCUT2D eigenvalue weighted by atomic mass is 9.93. The summed E-state index contributed by atoms with van der Waals surface area (Å²) >= 11 is 0. The number of anilines is 1. The molecule has 0 bridgehead atoms. The second-order valence-electron chi connectivity index (χ2n) is 4.99. The fourth-order valence-corrected chi connectivity index (χ4v) is 2.84. The van der Waals surface area contributed by atoms with Crippen LogP contribution < -0.4 is 9.64 Å². The third-order valence-corrected chi connectivity index (χ3v) is 3.84. The SMILES string of the molecule is CCOc1cc(N2CCCC2(CC)C(=O)O)nc(C)n1. The van der Waals surface area contributed by atoms with Crippen LogP contribution in [-0.4, -0.2) is 39.7 Å². The maximum atomic E-state index is 11.7. The third-order valence-electron chi connectivity index (χ3n) is 3.84. The highest BCUT2D eigenvalue weighted by atomic mass is 16.5. The molecule has 1 N–H and O–H groups in total. The fraction of sp³-hybridized carbons (Fsp3) is 0.643. The van der Waals surface area contributed by atoms with Gasteiger partial charge < -0.3 is 14.7 Å². The van der Waals surface area contributed by atoms with Crippen molar-refractivity contribution >= 4 is 11.8 Å². The van der Waals surface area contributed by atoms with E-state index in [9.17, 15) is 9.90 Å². The second kappa shape index (κ2) is 5.64.